The van der Waals surface area contributed by atoms with E-state index in [-0.39, 0.29) is 31.3 Å². The molecule has 0 amide bonds. The summed E-state index contributed by atoms with van der Waals surface area (Å²) in [4.78, 5) is 15.4. The number of aromatic hydroxyl groups is 1. The third-order valence-electron chi connectivity index (χ3n) is 7.01. The number of phenolic OH excluding ortho intramolecular Hbond substituents is 1. The van der Waals surface area contributed by atoms with Gasteiger partial charge in [0.25, 0.3) is 30.4 Å². The number of aliphatic hydroxyl groups is 1. The van der Waals surface area contributed by atoms with Gasteiger partial charge in [-0.25, -0.2) is 0 Å². The maximum Gasteiger partial charge on any atom is 0.315 e. The molecular weight excluding hydrogens is 794 g/mol. The van der Waals surface area contributed by atoms with Crippen LogP contribution in [0.1, 0.15) is 6.92 Å². The van der Waals surface area contributed by atoms with E-state index in [0.717, 1.165) is 18.2 Å². The number of phenols is 1. The molecule has 0 aliphatic heterocycles. The number of aliphatic hydroxyl groups excluding tert-OH is 1. The lowest BCUT2D eigenvalue weighted by Gasteiger charge is -2.20. The van der Waals surface area contributed by atoms with E-state index in [1.54, 1.807) is 6.92 Å². The molecule has 7 N–H and O–H groups in total. The van der Waals surface area contributed by atoms with Crippen LogP contribution >= 0.6 is 0 Å². The molecule has 286 valence electrons. The van der Waals surface area contributed by atoms with Crippen LogP contribution in [0.4, 0.5) is 53.6 Å². The number of benzene rings is 3. The van der Waals surface area contributed by atoms with Crippen molar-refractivity contribution < 1.29 is 62.3 Å². The van der Waals surface area contributed by atoms with Gasteiger partial charge >= 0.3 is 12.2 Å². The fourth-order valence-corrected chi connectivity index (χ4v) is 6.58. The van der Waals surface area contributed by atoms with E-state index >= 15 is 0 Å². The quantitative estimate of drug-likeness (QED) is 0.0387. The minimum Gasteiger partial charge on any atom is -0.505 e. The second-order valence-corrected chi connectivity index (χ2v) is 14.8. The van der Waals surface area contributed by atoms with Crippen LogP contribution in [0.15, 0.2) is 67.4 Å². The molecule has 2 heterocycles. The lowest BCUT2D eigenvalue weighted by Crippen LogP contribution is -2.28. The molecule has 27 heteroatoms. The van der Waals surface area contributed by atoms with Crippen molar-refractivity contribution in [3.05, 3.63) is 60.6 Å². The fraction of sp³-hybridized carbons (Fsp3) is 0.148. The van der Waals surface area contributed by atoms with Gasteiger partial charge in [-0.3, -0.25) is 13.7 Å². The third kappa shape index (κ3) is 8.90. The average Bonchev–Trinajstić information content (AvgIpc) is 3.04. The van der Waals surface area contributed by atoms with Crippen molar-refractivity contribution in [3.63, 3.8) is 0 Å². The van der Waals surface area contributed by atoms with Gasteiger partial charge in [0.05, 0.1) is 17.2 Å². The van der Waals surface area contributed by atoms with Crippen LogP contribution in [-0.2, 0) is 30.4 Å². The van der Waals surface area contributed by atoms with Crippen LogP contribution in [-0.4, -0.2) is 93.7 Å². The number of azo groups is 1. The highest BCUT2D eigenvalue weighted by atomic mass is 32.2. The number of hydrogen-bond acceptors (Lipinski definition) is 18. The topological polar surface area (TPSA) is 320 Å². The number of rotatable bonds is 13. The predicted molar refractivity (Wildman–Crippen MR) is 179 cm³/mol. The van der Waals surface area contributed by atoms with Gasteiger partial charge in [0.1, 0.15) is 27.0 Å². The highest BCUT2D eigenvalue weighted by Gasteiger charge is 2.27. The van der Waals surface area contributed by atoms with Gasteiger partial charge in [0, 0.05) is 30.2 Å². The molecule has 2 aromatic heterocycles. The first-order valence-corrected chi connectivity index (χ1v) is 18.8. The molecule has 54 heavy (non-hydrogen) atoms. The van der Waals surface area contributed by atoms with Crippen LogP contribution in [0.5, 0.6) is 5.75 Å². The first-order chi connectivity index (χ1) is 25.2. The zero-order valence-corrected chi connectivity index (χ0v) is 29.2. The number of likely N-dealkylation sites (N-methyl/N-ethyl adjacent to an activating group) is 1. The monoisotopic (exact) mass is 816 g/mol. The standard InChI is InChI=1S/C27H23F3N10O11S3/c1-2-40(5-6-41)27-36-25(30)35-26(37-27)32-16-10-14(52(43,44)45)7-12-8-18(54(49,50)51)22(23(42)21(12)16)39-38-15-9-13(3-4-17(15)53(46,47)48)31-20-11-19(28)33-24(29)34-20/h3-4,7-11,41-42H,2,5-6H2,1H3,(H,31,33,34)(H,43,44,45)(H,46,47,48)(H,49,50,51)(H,32,35,36,37). The summed E-state index contributed by atoms with van der Waals surface area (Å²) in [6.45, 7) is 1.36. The van der Waals surface area contributed by atoms with Gasteiger partial charge in [-0.1, -0.05) is 0 Å². The molecule has 0 aliphatic rings. The number of halogens is 3. The zero-order chi connectivity index (χ0) is 39.7. The van der Waals surface area contributed by atoms with Crippen molar-refractivity contribution in [3.8, 4) is 5.75 Å². The van der Waals surface area contributed by atoms with Gasteiger partial charge in [0.15, 0.2) is 5.75 Å². The second-order valence-electron chi connectivity index (χ2n) is 10.6. The summed E-state index contributed by atoms with van der Waals surface area (Å²) in [5.74, 6) is -3.88. The van der Waals surface area contributed by atoms with Gasteiger partial charge in [0.2, 0.25) is 17.8 Å². The van der Waals surface area contributed by atoms with Crippen molar-refractivity contribution in [2.24, 2.45) is 10.2 Å². The molecule has 0 fully saturated rings. The highest BCUT2D eigenvalue weighted by molar-refractivity contribution is 7.86. The minimum atomic E-state index is -5.42. The summed E-state index contributed by atoms with van der Waals surface area (Å²) in [6, 6.07) is 5.21. The van der Waals surface area contributed by atoms with E-state index in [1.165, 1.54) is 4.90 Å². The molecule has 0 spiro atoms. The van der Waals surface area contributed by atoms with E-state index in [1.807, 2.05) is 0 Å². The third-order valence-corrected chi connectivity index (χ3v) is 9.61. The van der Waals surface area contributed by atoms with E-state index in [2.05, 4.69) is 45.8 Å². The van der Waals surface area contributed by atoms with Crippen LogP contribution < -0.4 is 15.5 Å². The fourth-order valence-electron chi connectivity index (χ4n) is 4.78. The average molecular weight is 817 g/mol. The normalized spacial score (nSPS) is 12.4. The first-order valence-electron chi connectivity index (χ1n) is 14.5. The van der Waals surface area contributed by atoms with Gasteiger partial charge in [-0.15, -0.1) is 10.2 Å². The van der Waals surface area contributed by atoms with Crippen molar-refractivity contribution >= 4 is 81.6 Å². The summed E-state index contributed by atoms with van der Waals surface area (Å²) in [6.07, 6.45) is -2.83. The number of anilines is 5. The minimum absolute atomic E-state index is 0.0515. The summed E-state index contributed by atoms with van der Waals surface area (Å²) < 4.78 is 145. The summed E-state index contributed by atoms with van der Waals surface area (Å²) in [5, 5.41) is 31.8. The Morgan fingerprint density at radius 1 is 0.778 bits per heavy atom. The molecule has 0 aliphatic carbocycles. The highest BCUT2D eigenvalue weighted by Crippen LogP contribution is 2.46. The first kappa shape index (κ1) is 39.5. The largest absolute Gasteiger partial charge is 0.505 e. The zero-order valence-electron chi connectivity index (χ0n) is 26.8. The van der Waals surface area contributed by atoms with Crippen LogP contribution in [0.25, 0.3) is 10.8 Å². The maximum atomic E-state index is 14.5. The number of nitrogens with zero attached hydrogens (tertiary/aromatic N) is 8. The summed E-state index contributed by atoms with van der Waals surface area (Å²) in [7, 11) is -15.6. The molecule has 0 atom stereocenters. The molecule has 0 saturated carbocycles. The van der Waals surface area contributed by atoms with Crippen molar-refractivity contribution in [2.45, 2.75) is 21.6 Å². The number of nitrogens with one attached hydrogen (secondary N) is 2. The molecule has 0 saturated heterocycles. The van der Waals surface area contributed by atoms with Gasteiger partial charge in [-0.2, -0.15) is 63.3 Å². The Bertz CT molecular complexity index is 2650. The van der Waals surface area contributed by atoms with E-state index in [0.29, 0.717) is 24.3 Å². The molecule has 5 aromatic rings. The Kier molecular flexibility index (Phi) is 10.9. The predicted octanol–water partition coefficient (Wildman–Crippen LogP) is 3.40. The molecule has 5 rings (SSSR count). The van der Waals surface area contributed by atoms with Crippen LogP contribution in [0.3, 0.4) is 0 Å². The van der Waals surface area contributed by atoms with Crippen LogP contribution in [0.2, 0.25) is 0 Å². The summed E-state index contributed by atoms with van der Waals surface area (Å²) in [5.41, 5.74) is -2.63. The molecular formula is C27H23F3N10O11S3. The Morgan fingerprint density at radius 2 is 1.46 bits per heavy atom. The second kappa shape index (κ2) is 15.0. The number of aromatic nitrogens is 5. The molecule has 3 aromatic carbocycles. The lowest BCUT2D eigenvalue weighted by atomic mass is 10.1. The van der Waals surface area contributed by atoms with E-state index in [4.69, 9.17) is 0 Å². The Morgan fingerprint density at radius 3 is 2.07 bits per heavy atom. The van der Waals surface area contributed by atoms with E-state index < -0.39 is 108 Å². The Balaban J connectivity index is 1.73. The SMILES string of the molecule is CCN(CCO)c1nc(F)nc(Nc2cc(S(=O)(=O)O)cc3cc(S(=O)(=O)O)c(N=Nc4cc(Nc5cc(F)nc(F)n5)ccc4S(=O)(=O)O)c(O)c23)n1. The molecule has 0 unspecified atom stereocenters. The smallest absolute Gasteiger partial charge is 0.315 e. The van der Waals surface area contributed by atoms with Crippen LogP contribution in [0, 0.1) is 18.1 Å². The molecule has 21 nitrogen and oxygen atoms in total. The maximum absolute atomic E-state index is 14.5. The lowest BCUT2D eigenvalue weighted by molar-refractivity contribution is 0.301. The number of fused-ring (bicyclic) bond motifs is 1. The Labute approximate surface area is 301 Å². The Hall–Kier alpha value is -5.71. The molecule has 0 bridgehead atoms. The van der Waals surface area contributed by atoms with Crippen molar-refractivity contribution in [2.75, 3.05) is 35.2 Å². The number of hydrogen-bond donors (Lipinski definition) is 7. The summed E-state index contributed by atoms with van der Waals surface area (Å²) >= 11 is 0. The van der Waals surface area contributed by atoms with Crippen molar-refractivity contribution in [1.82, 2.24) is 24.9 Å². The van der Waals surface area contributed by atoms with E-state index in [9.17, 15) is 62.3 Å². The van der Waals surface area contributed by atoms with Gasteiger partial charge < -0.3 is 25.7 Å². The molecule has 0 radical (unpaired) electrons. The van der Waals surface area contributed by atoms with Gasteiger partial charge in [-0.05, 0) is 48.7 Å². The van der Waals surface area contributed by atoms with Crippen molar-refractivity contribution in [1.29, 1.82) is 0 Å².